The fraction of sp³-hybridized carbons (Fsp3) is 0. The Morgan fingerprint density at radius 2 is 1.15 bits per heavy atom. The monoisotopic (exact) mass is 640 g/mol. The van der Waals surface area contributed by atoms with E-state index >= 15 is 0 Å². The van der Waals surface area contributed by atoms with Crippen LogP contribution < -0.4 is 0 Å². The van der Waals surface area contributed by atoms with Crippen LogP contribution in [0.3, 0.4) is 0 Å². The van der Waals surface area contributed by atoms with E-state index in [1.54, 1.807) is 6.07 Å². The zero-order valence-corrected chi connectivity index (χ0v) is 19.6. The van der Waals surface area contributed by atoms with Crippen LogP contribution in [0.15, 0.2) is 85.6 Å². The third kappa shape index (κ3) is 8.56. The summed E-state index contributed by atoms with van der Waals surface area (Å²) < 4.78 is 98.2. The molecule has 19 heteroatoms. The average molecular weight is 641 g/mol. The standard InChI is InChI=1S/C20H14N2O10S3.Al.3Na.6H/c23-20-18(35(30,31)32)10-11-9-12(33(24,25)26)5-6-13(11)19(20)22-21-16-7-8-17(34(27,28)29)15-4-2-1-3-14(15)16;;;;;;;;;;/h1-10,23H,(H,24,25,26)(H,27,28,29)(H,30,31,32);;;;;;;;;;/b22-21+;;;;;;;;;;. The Kier molecular flexibility index (Phi) is 14.5. The summed E-state index contributed by atoms with van der Waals surface area (Å²) in [6.45, 7) is 0. The van der Waals surface area contributed by atoms with Crippen molar-refractivity contribution in [2.45, 2.75) is 14.7 Å². The van der Waals surface area contributed by atoms with Crippen LogP contribution in [0.1, 0.15) is 0 Å². The number of benzene rings is 4. The van der Waals surface area contributed by atoms with Gasteiger partial charge in [-0.2, -0.15) is 25.3 Å². The minimum atomic E-state index is -4.99. The first-order chi connectivity index (χ1) is 16.2. The molecule has 4 N–H and O–H groups in total. The summed E-state index contributed by atoms with van der Waals surface area (Å²) in [6, 6.07) is 12.1. The number of hydrogen-bond acceptors (Lipinski definition) is 9. The summed E-state index contributed by atoms with van der Waals surface area (Å²) in [7, 11) is -14.2. The third-order valence-electron chi connectivity index (χ3n) is 4.99. The average Bonchev–Trinajstić information content (AvgIpc) is 2.75. The zero-order valence-electron chi connectivity index (χ0n) is 17.1. The van der Waals surface area contributed by atoms with Crippen LogP contribution in [0.4, 0.5) is 11.4 Å². The Labute approximate surface area is 300 Å². The van der Waals surface area contributed by atoms with E-state index in [1.165, 1.54) is 24.3 Å². The van der Waals surface area contributed by atoms with Gasteiger partial charge in [0, 0.05) is 16.2 Å². The first kappa shape index (κ1) is 39.1. The molecule has 0 amide bonds. The molecule has 0 bridgehead atoms. The number of rotatable bonds is 5. The van der Waals surface area contributed by atoms with Crippen molar-refractivity contribution in [1.29, 1.82) is 0 Å². The van der Waals surface area contributed by atoms with Crippen molar-refractivity contribution in [2.75, 3.05) is 0 Å². The Hall–Kier alpha value is 0.0625. The minimum absolute atomic E-state index is 0. The molecule has 0 aliphatic carbocycles. The first-order valence-corrected chi connectivity index (χ1v) is 13.7. The Morgan fingerprint density at radius 3 is 1.69 bits per heavy atom. The summed E-state index contributed by atoms with van der Waals surface area (Å²) >= 11 is 0. The molecule has 0 atom stereocenters. The SMILES string of the molecule is O=S(=O)(O)c1ccc2c(/N=N/c3ccc(S(=O)(=O)O)c4ccccc34)c(O)c(S(=O)(=O)O)cc2c1.[AlH3].[NaH].[NaH].[NaH]. The quantitative estimate of drug-likeness (QED) is 0.137. The molecule has 4 rings (SSSR count). The van der Waals surface area contributed by atoms with Gasteiger partial charge in [0.05, 0.1) is 10.6 Å². The number of aromatic hydroxyl groups is 1. The predicted molar refractivity (Wildman–Crippen MR) is 155 cm³/mol. The molecule has 0 saturated carbocycles. The van der Waals surface area contributed by atoms with E-state index in [4.69, 9.17) is 0 Å². The number of nitrogens with zero attached hydrogens (tertiary/aromatic N) is 2. The van der Waals surface area contributed by atoms with Crippen LogP contribution in [0.25, 0.3) is 21.5 Å². The van der Waals surface area contributed by atoms with Gasteiger partial charge in [-0.15, -0.1) is 10.2 Å². The molecule has 194 valence electrons. The van der Waals surface area contributed by atoms with Gasteiger partial charge in [-0.25, -0.2) is 0 Å². The van der Waals surface area contributed by atoms with Crippen molar-refractivity contribution in [2.24, 2.45) is 10.2 Å². The van der Waals surface area contributed by atoms with Crippen molar-refractivity contribution in [3.05, 3.63) is 60.7 Å². The number of phenolic OH excluding ortho intramolecular Hbond substituents is 1. The number of azo groups is 1. The van der Waals surface area contributed by atoms with Crippen molar-refractivity contribution in [3.63, 3.8) is 0 Å². The molecule has 12 nitrogen and oxygen atoms in total. The molecule has 0 aliphatic rings. The van der Waals surface area contributed by atoms with Crippen LogP contribution in [0, 0.1) is 0 Å². The van der Waals surface area contributed by atoms with E-state index in [0.717, 1.165) is 30.3 Å². The summed E-state index contributed by atoms with van der Waals surface area (Å²) in [5, 5.41) is 18.6. The summed E-state index contributed by atoms with van der Waals surface area (Å²) in [4.78, 5) is -1.95. The molecule has 4 aromatic rings. The molecule has 0 aliphatic heterocycles. The molecule has 39 heavy (non-hydrogen) atoms. The van der Waals surface area contributed by atoms with E-state index in [0.29, 0.717) is 0 Å². The summed E-state index contributed by atoms with van der Waals surface area (Å²) in [5.74, 6) is -0.984. The van der Waals surface area contributed by atoms with Gasteiger partial charge in [-0.1, -0.05) is 30.3 Å². The Bertz CT molecular complexity index is 1900. The van der Waals surface area contributed by atoms with Crippen LogP contribution in [0.5, 0.6) is 5.75 Å². The van der Waals surface area contributed by atoms with Gasteiger partial charge >= 0.3 is 88.7 Å². The summed E-state index contributed by atoms with van der Waals surface area (Å²) in [6.07, 6.45) is 0. The van der Waals surface area contributed by atoms with E-state index in [9.17, 15) is 44.0 Å². The topological polar surface area (TPSA) is 208 Å². The van der Waals surface area contributed by atoms with Crippen molar-refractivity contribution < 1.29 is 44.0 Å². The Morgan fingerprint density at radius 1 is 0.590 bits per heavy atom. The van der Waals surface area contributed by atoms with Crippen molar-refractivity contribution >= 4 is 169 Å². The van der Waals surface area contributed by atoms with Gasteiger partial charge in [0.15, 0.2) is 23.1 Å². The van der Waals surface area contributed by atoms with Crippen LogP contribution >= 0.6 is 0 Å². The fourth-order valence-corrected chi connectivity index (χ4v) is 5.29. The zero-order chi connectivity index (χ0) is 25.8. The molecule has 0 aromatic heterocycles. The number of fused-ring (bicyclic) bond motifs is 2. The maximum absolute atomic E-state index is 11.8. The maximum atomic E-state index is 11.8. The normalized spacial score (nSPS) is 11.8. The van der Waals surface area contributed by atoms with E-state index in [2.05, 4.69) is 10.2 Å². The fourth-order valence-electron chi connectivity index (χ4n) is 3.46. The molecule has 0 heterocycles. The molecular weight excluding hydrogens is 620 g/mol. The predicted octanol–water partition coefficient (Wildman–Crippen LogP) is 0.725. The van der Waals surface area contributed by atoms with Crippen LogP contribution in [-0.4, -0.2) is 150 Å². The second-order valence-corrected chi connectivity index (χ2v) is 11.4. The molecule has 0 fully saturated rings. The van der Waals surface area contributed by atoms with Crippen molar-refractivity contribution in [1.82, 2.24) is 0 Å². The molecule has 0 saturated heterocycles. The van der Waals surface area contributed by atoms with Crippen LogP contribution in [-0.2, 0) is 30.4 Å². The first-order valence-electron chi connectivity index (χ1n) is 9.33. The number of phenols is 1. The second-order valence-electron chi connectivity index (χ2n) is 7.21. The second kappa shape index (κ2) is 14.5. The van der Waals surface area contributed by atoms with E-state index in [-0.39, 0.29) is 138 Å². The number of hydrogen-bond donors (Lipinski definition) is 4. The van der Waals surface area contributed by atoms with Gasteiger partial charge in [0.1, 0.15) is 15.5 Å². The van der Waals surface area contributed by atoms with Crippen LogP contribution in [0.2, 0.25) is 0 Å². The molecule has 0 radical (unpaired) electrons. The third-order valence-corrected chi connectivity index (χ3v) is 7.62. The van der Waals surface area contributed by atoms with Crippen molar-refractivity contribution in [3.8, 4) is 5.75 Å². The summed E-state index contributed by atoms with van der Waals surface area (Å²) in [5.41, 5.74) is -0.382. The van der Waals surface area contributed by atoms with Gasteiger partial charge in [0.2, 0.25) is 0 Å². The Balaban J connectivity index is 0.00000361. The molecular formula is C20H20AlN2Na3O10S3. The van der Waals surface area contributed by atoms with Gasteiger partial charge in [-0.3, -0.25) is 13.7 Å². The van der Waals surface area contributed by atoms with Gasteiger partial charge in [0.25, 0.3) is 30.4 Å². The van der Waals surface area contributed by atoms with E-state index < -0.39 is 51.6 Å². The molecule has 0 spiro atoms. The van der Waals surface area contributed by atoms with E-state index in [1.807, 2.05) is 0 Å². The molecule has 0 unspecified atom stereocenters. The molecule has 4 aromatic carbocycles. The van der Waals surface area contributed by atoms with Gasteiger partial charge in [-0.05, 0) is 35.7 Å². The van der Waals surface area contributed by atoms with Gasteiger partial charge < -0.3 is 5.11 Å².